The maximum absolute atomic E-state index is 4.52. The Hall–Kier alpha value is -0.890. The monoisotopic (exact) mass is 274 g/mol. The van der Waals surface area contributed by atoms with E-state index in [1.54, 1.807) is 0 Å². The molecule has 0 aliphatic heterocycles. The summed E-state index contributed by atoms with van der Waals surface area (Å²) in [5.74, 6) is 1.76. The molecule has 1 aliphatic rings. The fourth-order valence-corrected chi connectivity index (χ4v) is 3.75. The number of hydrogen-bond acceptors (Lipinski definition) is 2. The van der Waals surface area contributed by atoms with Gasteiger partial charge < -0.3 is 5.32 Å². The fourth-order valence-electron chi connectivity index (χ4n) is 3.75. The van der Waals surface area contributed by atoms with Gasteiger partial charge in [0, 0.05) is 17.4 Å². The number of rotatable bonds is 5. The van der Waals surface area contributed by atoms with E-state index in [0.717, 1.165) is 29.8 Å². The Morgan fingerprint density at radius 1 is 1.10 bits per heavy atom. The van der Waals surface area contributed by atoms with Gasteiger partial charge in [-0.25, -0.2) is 0 Å². The molecule has 112 valence electrons. The second kappa shape index (κ2) is 7.21. The Bertz CT molecular complexity index is 399. The molecule has 0 saturated heterocycles. The molecule has 2 heteroatoms. The fraction of sp³-hybridized carbons (Fsp3) is 0.722. The third-order valence-corrected chi connectivity index (χ3v) is 4.83. The summed E-state index contributed by atoms with van der Waals surface area (Å²) in [6, 6.07) is 5.05. The molecule has 20 heavy (non-hydrogen) atoms. The van der Waals surface area contributed by atoms with Crippen molar-refractivity contribution in [3.05, 3.63) is 29.1 Å². The maximum Gasteiger partial charge on any atom is 0.0379 e. The van der Waals surface area contributed by atoms with Crippen LogP contribution >= 0.6 is 0 Å². The van der Waals surface area contributed by atoms with E-state index in [0.29, 0.717) is 6.04 Å². The molecule has 0 bridgehead atoms. The average Bonchev–Trinajstić information content (AvgIpc) is 2.44. The van der Waals surface area contributed by atoms with Crippen LogP contribution in [-0.4, -0.2) is 11.5 Å². The van der Waals surface area contributed by atoms with E-state index in [9.17, 15) is 0 Å². The summed E-state index contributed by atoms with van der Waals surface area (Å²) in [6.07, 6.45) is 6.91. The zero-order chi connectivity index (χ0) is 14.5. The molecule has 0 radical (unpaired) electrons. The predicted molar refractivity (Wildman–Crippen MR) is 85.9 cm³/mol. The van der Waals surface area contributed by atoms with E-state index in [1.807, 2.05) is 0 Å². The molecule has 1 N–H and O–H groups in total. The van der Waals surface area contributed by atoms with Crippen LogP contribution in [0.1, 0.15) is 68.9 Å². The summed E-state index contributed by atoms with van der Waals surface area (Å²) < 4.78 is 0. The summed E-state index contributed by atoms with van der Waals surface area (Å²) in [4.78, 5) is 4.52. The minimum absolute atomic E-state index is 0.512. The second-order valence-corrected chi connectivity index (χ2v) is 6.41. The van der Waals surface area contributed by atoms with Crippen LogP contribution in [0.5, 0.6) is 0 Å². The highest BCUT2D eigenvalue weighted by atomic mass is 14.9. The molecule has 1 saturated carbocycles. The van der Waals surface area contributed by atoms with Crippen LogP contribution in [0.4, 0.5) is 0 Å². The molecule has 1 atom stereocenters. The molecule has 1 aromatic heterocycles. The second-order valence-electron chi connectivity index (χ2n) is 6.41. The van der Waals surface area contributed by atoms with Crippen LogP contribution in [0, 0.1) is 25.7 Å². The van der Waals surface area contributed by atoms with Crippen LogP contribution < -0.4 is 5.32 Å². The molecular weight excluding hydrogens is 244 g/mol. The lowest BCUT2D eigenvalue weighted by Crippen LogP contribution is -2.31. The van der Waals surface area contributed by atoms with E-state index in [1.165, 1.54) is 37.7 Å². The molecule has 1 unspecified atom stereocenters. The standard InChI is InChI=1S/C18H30N2/c1-5-15-7-9-16(10-8-15)18(19-6-2)17-11-13(3)20-14(4)12-17/h11-12,15-16,18-19H,5-10H2,1-4H3. The summed E-state index contributed by atoms with van der Waals surface area (Å²) >= 11 is 0. The van der Waals surface area contributed by atoms with E-state index < -0.39 is 0 Å². The lowest BCUT2D eigenvalue weighted by molar-refractivity contribution is 0.220. The normalized spacial score (nSPS) is 24.6. The molecule has 0 amide bonds. The van der Waals surface area contributed by atoms with E-state index in [4.69, 9.17) is 0 Å². The van der Waals surface area contributed by atoms with E-state index >= 15 is 0 Å². The maximum atomic E-state index is 4.52. The van der Waals surface area contributed by atoms with Gasteiger partial charge in [0.15, 0.2) is 0 Å². The van der Waals surface area contributed by atoms with Gasteiger partial charge in [0.05, 0.1) is 0 Å². The van der Waals surface area contributed by atoms with Gasteiger partial charge in [0.25, 0.3) is 0 Å². The van der Waals surface area contributed by atoms with Gasteiger partial charge in [-0.05, 0) is 62.8 Å². The largest absolute Gasteiger partial charge is 0.310 e. The first-order valence-electron chi connectivity index (χ1n) is 8.32. The quantitative estimate of drug-likeness (QED) is 0.851. The molecular formula is C18H30N2. The molecule has 1 aromatic rings. The minimum Gasteiger partial charge on any atom is -0.310 e. The van der Waals surface area contributed by atoms with Crippen molar-refractivity contribution in [2.45, 2.75) is 65.8 Å². The zero-order valence-corrected chi connectivity index (χ0v) is 13.6. The molecule has 1 heterocycles. The Labute approximate surface area is 124 Å². The van der Waals surface area contributed by atoms with Crippen molar-refractivity contribution < 1.29 is 0 Å². The van der Waals surface area contributed by atoms with Crippen LogP contribution in [0.3, 0.4) is 0 Å². The van der Waals surface area contributed by atoms with E-state index in [-0.39, 0.29) is 0 Å². The first-order chi connectivity index (χ1) is 9.63. The van der Waals surface area contributed by atoms with Crippen molar-refractivity contribution in [3.8, 4) is 0 Å². The Kier molecular flexibility index (Phi) is 5.59. The minimum atomic E-state index is 0.512. The summed E-state index contributed by atoms with van der Waals surface area (Å²) in [5.41, 5.74) is 3.73. The van der Waals surface area contributed by atoms with Gasteiger partial charge in [-0.2, -0.15) is 0 Å². The Morgan fingerprint density at radius 3 is 2.20 bits per heavy atom. The van der Waals surface area contributed by atoms with Gasteiger partial charge in [-0.1, -0.05) is 33.1 Å². The van der Waals surface area contributed by atoms with Crippen molar-refractivity contribution in [2.75, 3.05) is 6.54 Å². The van der Waals surface area contributed by atoms with Gasteiger partial charge >= 0.3 is 0 Å². The zero-order valence-electron chi connectivity index (χ0n) is 13.6. The van der Waals surface area contributed by atoms with Crippen molar-refractivity contribution in [1.29, 1.82) is 0 Å². The number of nitrogens with zero attached hydrogens (tertiary/aromatic N) is 1. The Balaban J connectivity index is 2.14. The van der Waals surface area contributed by atoms with Crippen LogP contribution in [0.15, 0.2) is 12.1 Å². The van der Waals surface area contributed by atoms with Gasteiger partial charge in [0.2, 0.25) is 0 Å². The lowest BCUT2D eigenvalue weighted by Gasteiger charge is -2.34. The predicted octanol–water partition coefficient (Wildman–Crippen LogP) is 4.57. The third kappa shape index (κ3) is 3.82. The van der Waals surface area contributed by atoms with Gasteiger partial charge in [0.1, 0.15) is 0 Å². The first kappa shape index (κ1) is 15.5. The number of aromatic nitrogens is 1. The Morgan fingerprint density at radius 2 is 1.70 bits per heavy atom. The number of nitrogens with one attached hydrogen (secondary N) is 1. The molecule has 2 nitrogen and oxygen atoms in total. The van der Waals surface area contributed by atoms with Crippen LogP contribution in [0.25, 0.3) is 0 Å². The topological polar surface area (TPSA) is 24.9 Å². The first-order valence-corrected chi connectivity index (χ1v) is 8.32. The SMILES string of the molecule is CCNC(c1cc(C)nc(C)c1)C1CCC(CC)CC1. The van der Waals surface area contributed by atoms with Crippen molar-refractivity contribution in [3.63, 3.8) is 0 Å². The molecule has 0 aromatic carbocycles. The number of hydrogen-bond donors (Lipinski definition) is 1. The van der Waals surface area contributed by atoms with Crippen LogP contribution in [-0.2, 0) is 0 Å². The highest BCUT2D eigenvalue weighted by Gasteiger charge is 2.27. The highest BCUT2D eigenvalue weighted by molar-refractivity contribution is 5.24. The van der Waals surface area contributed by atoms with E-state index in [2.05, 4.69) is 50.1 Å². The molecule has 0 spiro atoms. The van der Waals surface area contributed by atoms with Gasteiger partial charge in [-0.15, -0.1) is 0 Å². The number of aryl methyl sites for hydroxylation is 2. The smallest absolute Gasteiger partial charge is 0.0379 e. The van der Waals surface area contributed by atoms with Gasteiger partial charge in [-0.3, -0.25) is 4.98 Å². The number of pyridine rings is 1. The summed E-state index contributed by atoms with van der Waals surface area (Å²) in [5, 5.41) is 3.73. The molecule has 1 fully saturated rings. The highest BCUT2D eigenvalue weighted by Crippen LogP contribution is 2.38. The van der Waals surface area contributed by atoms with Crippen molar-refractivity contribution in [2.24, 2.45) is 11.8 Å². The summed E-state index contributed by atoms with van der Waals surface area (Å²) in [7, 11) is 0. The third-order valence-electron chi connectivity index (χ3n) is 4.83. The summed E-state index contributed by atoms with van der Waals surface area (Å²) in [6.45, 7) is 9.80. The van der Waals surface area contributed by atoms with Crippen LogP contribution in [0.2, 0.25) is 0 Å². The molecule has 2 rings (SSSR count). The lowest BCUT2D eigenvalue weighted by atomic mass is 9.76. The van der Waals surface area contributed by atoms with Crippen molar-refractivity contribution in [1.82, 2.24) is 10.3 Å². The average molecular weight is 274 g/mol. The van der Waals surface area contributed by atoms with Crippen molar-refractivity contribution >= 4 is 0 Å². The molecule has 1 aliphatic carbocycles.